The summed E-state index contributed by atoms with van der Waals surface area (Å²) in [6.07, 6.45) is 0. The largest absolute Gasteiger partial charge is 0.488 e. The third kappa shape index (κ3) is 3.16. The molecular formula is C17H16FNO. The highest BCUT2D eigenvalue weighted by atomic mass is 19.1. The number of hydrogen-bond acceptors (Lipinski definition) is 2. The molecule has 0 amide bonds. The number of halogens is 1. The summed E-state index contributed by atoms with van der Waals surface area (Å²) in [5, 5.41) is 9.23. The van der Waals surface area contributed by atoms with Crippen molar-refractivity contribution in [3.63, 3.8) is 0 Å². The van der Waals surface area contributed by atoms with E-state index in [1.165, 1.54) is 12.1 Å². The molecule has 0 heterocycles. The minimum absolute atomic E-state index is 0.346. The van der Waals surface area contributed by atoms with E-state index in [4.69, 9.17) is 4.74 Å². The van der Waals surface area contributed by atoms with E-state index in [-0.39, 0.29) is 5.82 Å². The normalized spacial score (nSPS) is 10.9. The van der Waals surface area contributed by atoms with E-state index in [1.807, 2.05) is 30.3 Å². The van der Waals surface area contributed by atoms with Gasteiger partial charge >= 0.3 is 0 Å². The number of hydrogen-bond donors (Lipinski definition) is 0. The maximum absolute atomic E-state index is 13.4. The number of ether oxygens (including phenoxy) is 1. The van der Waals surface area contributed by atoms with Crippen LogP contribution in [0.25, 0.3) is 0 Å². The zero-order valence-corrected chi connectivity index (χ0v) is 11.6. The smallest absolute Gasteiger partial charge is 0.127 e. The second kappa shape index (κ2) is 5.75. The molecular weight excluding hydrogens is 253 g/mol. The van der Waals surface area contributed by atoms with Crippen LogP contribution < -0.4 is 4.74 Å². The molecule has 2 nitrogen and oxygen atoms in total. The van der Waals surface area contributed by atoms with Crippen molar-refractivity contribution < 1.29 is 9.13 Å². The third-order valence-corrected chi connectivity index (χ3v) is 3.13. The second-order valence-electron chi connectivity index (χ2n) is 5.15. The highest BCUT2D eigenvalue weighted by molar-refractivity contribution is 5.43. The number of nitriles is 1. The van der Waals surface area contributed by atoms with Gasteiger partial charge in [-0.3, -0.25) is 0 Å². The zero-order valence-electron chi connectivity index (χ0n) is 11.6. The highest BCUT2D eigenvalue weighted by Crippen LogP contribution is 2.32. The summed E-state index contributed by atoms with van der Waals surface area (Å²) >= 11 is 0. The molecule has 0 spiro atoms. The monoisotopic (exact) mass is 269 g/mol. The molecule has 0 N–H and O–H groups in total. The standard InChI is InChI=1S/C17H16FNO/c1-17(2,12-19)15-9-8-14(18)10-16(15)20-11-13-6-4-3-5-7-13/h3-10H,11H2,1-2H3. The minimum Gasteiger partial charge on any atom is -0.488 e. The first-order chi connectivity index (χ1) is 9.53. The van der Waals surface area contributed by atoms with Crippen LogP contribution in [0.2, 0.25) is 0 Å². The van der Waals surface area contributed by atoms with E-state index in [0.717, 1.165) is 5.56 Å². The lowest BCUT2D eigenvalue weighted by Gasteiger charge is -2.20. The highest BCUT2D eigenvalue weighted by Gasteiger charge is 2.24. The van der Waals surface area contributed by atoms with Crippen molar-refractivity contribution in [2.75, 3.05) is 0 Å². The van der Waals surface area contributed by atoms with Crippen molar-refractivity contribution >= 4 is 0 Å². The Morgan fingerprint density at radius 1 is 1.15 bits per heavy atom. The summed E-state index contributed by atoms with van der Waals surface area (Å²) < 4.78 is 19.1. The molecule has 0 unspecified atom stereocenters. The van der Waals surface area contributed by atoms with Crippen molar-refractivity contribution in [1.29, 1.82) is 5.26 Å². The maximum Gasteiger partial charge on any atom is 0.127 e. The van der Waals surface area contributed by atoms with E-state index in [1.54, 1.807) is 19.9 Å². The number of benzene rings is 2. The maximum atomic E-state index is 13.4. The molecule has 2 aromatic carbocycles. The molecule has 0 aliphatic carbocycles. The molecule has 0 fully saturated rings. The predicted molar refractivity (Wildman–Crippen MR) is 75.8 cm³/mol. The fourth-order valence-electron chi connectivity index (χ4n) is 1.93. The summed E-state index contributed by atoms with van der Waals surface area (Å²) in [6, 6.07) is 16.2. The van der Waals surface area contributed by atoms with Gasteiger partial charge in [-0.15, -0.1) is 0 Å². The average Bonchev–Trinajstić information content (AvgIpc) is 2.46. The van der Waals surface area contributed by atoms with Crippen LogP contribution in [0.3, 0.4) is 0 Å². The van der Waals surface area contributed by atoms with Gasteiger partial charge in [0, 0.05) is 11.6 Å². The van der Waals surface area contributed by atoms with Crippen molar-refractivity contribution in [2.24, 2.45) is 0 Å². The van der Waals surface area contributed by atoms with Crippen LogP contribution in [0.4, 0.5) is 4.39 Å². The first-order valence-corrected chi connectivity index (χ1v) is 6.41. The van der Waals surface area contributed by atoms with Crippen LogP contribution in [-0.4, -0.2) is 0 Å². The second-order valence-corrected chi connectivity index (χ2v) is 5.15. The first-order valence-electron chi connectivity index (χ1n) is 6.41. The molecule has 0 bridgehead atoms. The van der Waals surface area contributed by atoms with Crippen LogP contribution in [-0.2, 0) is 12.0 Å². The summed E-state index contributed by atoms with van der Waals surface area (Å²) in [6.45, 7) is 3.92. The van der Waals surface area contributed by atoms with Gasteiger partial charge in [0.2, 0.25) is 0 Å². The van der Waals surface area contributed by atoms with Crippen molar-refractivity contribution in [1.82, 2.24) is 0 Å². The quantitative estimate of drug-likeness (QED) is 0.833. The molecule has 0 atom stereocenters. The van der Waals surface area contributed by atoms with Crippen LogP contribution in [0, 0.1) is 17.1 Å². The molecule has 0 aromatic heterocycles. The van der Waals surface area contributed by atoms with Gasteiger partial charge in [-0.25, -0.2) is 4.39 Å². The summed E-state index contributed by atoms with van der Waals surface area (Å²) in [7, 11) is 0. The van der Waals surface area contributed by atoms with Crippen LogP contribution in [0.5, 0.6) is 5.75 Å². The summed E-state index contributed by atoms with van der Waals surface area (Å²) in [5.41, 5.74) is 0.967. The van der Waals surface area contributed by atoms with E-state index in [0.29, 0.717) is 17.9 Å². The van der Waals surface area contributed by atoms with Crippen LogP contribution in [0.15, 0.2) is 48.5 Å². The van der Waals surface area contributed by atoms with Gasteiger partial charge in [-0.1, -0.05) is 36.4 Å². The Morgan fingerprint density at radius 2 is 1.85 bits per heavy atom. The van der Waals surface area contributed by atoms with E-state index in [2.05, 4.69) is 6.07 Å². The Hall–Kier alpha value is -2.34. The third-order valence-electron chi connectivity index (χ3n) is 3.13. The first kappa shape index (κ1) is 14.1. The Labute approximate surface area is 118 Å². The molecule has 0 aliphatic heterocycles. The Bertz CT molecular complexity index is 629. The molecule has 0 aliphatic rings. The summed E-state index contributed by atoms with van der Waals surface area (Å²) in [4.78, 5) is 0. The van der Waals surface area contributed by atoms with Crippen LogP contribution >= 0.6 is 0 Å². The number of rotatable bonds is 4. The van der Waals surface area contributed by atoms with Crippen molar-refractivity contribution in [3.05, 3.63) is 65.5 Å². The van der Waals surface area contributed by atoms with Gasteiger partial charge in [0.15, 0.2) is 0 Å². The SMILES string of the molecule is CC(C)(C#N)c1ccc(F)cc1OCc1ccccc1. The fraction of sp³-hybridized carbons (Fsp3) is 0.235. The molecule has 102 valence electrons. The molecule has 0 saturated carbocycles. The zero-order chi connectivity index (χ0) is 14.6. The van der Waals surface area contributed by atoms with Gasteiger partial charge in [0.25, 0.3) is 0 Å². The van der Waals surface area contributed by atoms with Gasteiger partial charge in [0.05, 0.1) is 11.5 Å². The van der Waals surface area contributed by atoms with Gasteiger partial charge in [0.1, 0.15) is 18.2 Å². The molecule has 2 aromatic rings. The van der Waals surface area contributed by atoms with Gasteiger partial charge in [-0.05, 0) is 25.5 Å². The lowest BCUT2D eigenvalue weighted by Crippen LogP contribution is -2.16. The van der Waals surface area contributed by atoms with Gasteiger partial charge in [-0.2, -0.15) is 5.26 Å². The van der Waals surface area contributed by atoms with Crippen LogP contribution in [0.1, 0.15) is 25.0 Å². The molecule has 2 rings (SSSR count). The van der Waals surface area contributed by atoms with E-state index in [9.17, 15) is 9.65 Å². The average molecular weight is 269 g/mol. The number of nitrogens with zero attached hydrogens (tertiary/aromatic N) is 1. The van der Waals surface area contributed by atoms with E-state index < -0.39 is 5.41 Å². The predicted octanol–water partition coefficient (Wildman–Crippen LogP) is 4.21. The lowest BCUT2D eigenvalue weighted by molar-refractivity contribution is 0.298. The summed E-state index contributed by atoms with van der Waals surface area (Å²) in [5.74, 6) is 0.0472. The van der Waals surface area contributed by atoms with Crippen molar-refractivity contribution in [2.45, 2.75) is 25.9 Å². The fourth-order valence-corrected chi connectivity index (χ4v) is 1.93. The molecule has 0 saturated heterocycles. The minimum atomic E-state index is -0.722. The van der Waals surface area contributed by atoms with Gasteiger partial charge < -0.3 is 4.74 Å². The van der Waals surface area contributed by atoms with Crippen molar-refractivity contribution in [3.8, 4) is 11.8 Å². The Kier molecular flexibility index (Phi) is 4.05. The lowest BCUT2D eigenvalue weighted by atomic mass is 9.85. The molecule has 3 heteroatoms. The van der Waals surface area contributed by atoms with E-state index >= 15 is 0 Å². The molecule has 0 radical (unpaired) electrons. The molecule has 20 heavy (non-hydrogen) atoms. The Balaban J connectivity index is 2.27. The Morgan fingerprint density at radius 3 is 2.50 bits per heavy atom. The topological polar surface area (TPSA) is 33.0 Å².